The Morgan fingerprint density at radius 2 is 0.906 bits per heavy atom. The van der Waals surface area contributed by atoms with Crippen molar-refractivity contribution in [1.82, 2.24) is 4.57 Å². The highest BCUT2D eigenvalue weighted by atomic mass is 32.1. The van der Waals surface area contributed by atoms with Gasteiger partial charge in [-0.25, -0.2) is 0 Å². The normalized spacial score (nSPS) is 11.9. The number of rotatable bonds is 5. The van der Waals surface area contributed by atoms with Crippen molar-refractivity contribution in [3.8, 4) is 16.8 Å². The van der Waals surface area contributed by atoms with Crippen molar-refractivity contribution in [2.24, 2.45) is 0 Å². The number of benzene rings is 8. The number of aromatic nitrogens is 1. The molecule has 11 aromatic rings. The fraction of sp³-hybridized carbons (Fsp3) is 0.0204. The van der Waals surface area contributed by atoms with Gasteiger partial charge in [0.15, 0.2) is 0 Å². The van der Waals surface area contributed by atoms with E-state index in [2.05, 4.69) is 192 Å². The van der Waals surface area contributed by atoms with E-state index in [0.29, 0.717) is 0 Å². The van der Waals surface area contributed by atoms with Crippen molar-refractivity contribution >= 4 is 102 Å². The van der Waals surface area contributed by atoms with Gasteiger partial charge in [0, 0.05) is 73.9 Å². The summed E-state index contributed by atoms with van der Waals surface area (Å²) < 4.78 is 7.74. The van der Waals surface area contributed by atoms with Gasteiger partial charge in [-0.05, 0) is 103 Å². The fourth-order valence-electron chi connectivity index (χ4n) is 8.08. The number of thiophene rings is 2. The van der Waals surface area contributed by atoms with Gasteiger partial charge in [0.1, 0.15) is 0 Å². The molecule has 0 fully saturated rings. The van der Waals surface area contributed by atoms with Crippen LogP contribution in [0.5, 0.6) is 0 Å². The van der Waals surface area contributed by atoms with Crippen LogP contribution < -0.4 is 4.90 Å². The molecular weight excluding hydrogens is 681 g/mol. The lowest BCUT2D eigenvalue weighted by Gasteiger charge is -2.26. The molecular formula is C49H32N2S2. The predicted molar refractivity (Wildman–Crippen MR) is 231 cm³/mol. The SMILES string of the molecule is Cc1ccc(N(c2ccc(-c3ccc4sc5ccccc5c4c3)cc2)c2ccc3c4ccccc4n(-c4ccc5sc6ccccc6c5c4)c3c2)cc1. The van der Waals surface area contributed by atoms with Gasteiger partial charge in [-0.2, -0.15) is 0 Å². The monoisotopic (exact) mass is 712 g/mol. The maximum atomic E-state index is 2.45. The van der Waals surface area contributed by atoms with E-state index in [-0.39, 0.29) is 0 Å². The first kappa shape index (κ1) is 30.4. The minimum atomic E-state index is 1.12. The van der Waals surface area contributed by atoms with Gasteiger partial charge in [0.05, 0.1) is 11.0 Å². The number of nitrogens with zero attached hydrogens (tertiary/aromatic N) is 2. The summed E-state index contributed by atoms with van der Waals surface area (Å²) in [5, 5.41) is 7.77. The average molecular weight is 713 g/mol. The summed E-state index contributed by atoms with van der Waals surface area (Å²) in [6.45, 7) is 2.15. The van der Waals surface area contributed by atoms with Crippen molar-refractivity contribution in [2.45, 2.75) is 6.92 Å². The molecule has 0 amide bonds. The van der Waals surface area contributed by atoms with Gasteiger partial charge in [-0.3, -0.25) is 0 Å². The van der Waals surface area contributed by atoms with Crippen LogP contribution in [-0.2, 0) is 0 Å². The van der Waals surface area contributed by atoms with Crippen molar-refractivity contribution in [2.75, 3.05) is 4.90 Å². The summed E-state index contributed by atoms with van der Waals surface area (Å²) in [6.07, 6.45) is 0. The average Bonchev–Trinajstić information content (AvgIpc) is 3.88. The van der Waals surface area contributed by atoms with Gasteiger partial charge >= 0.3 is 0 Å². The van der Waals surface area contributed by atoms with Crippen molar-refractivity contribution in [1.29, 1.82) is 0 Å². The molecule has 2 nitrogen and oxygen atoms in total. The number of para-hydroxylation sites is 1. The molecule has 0 aliphatic heterocycles. The molecule has 4 heteroatoms. The lowest BCUT2D eigenvalue weighted by atomic mass is 10.0. The Morgan fingerprint density at radius 1 is 0.377 bits per heavy atom. The van der Waals surface area contributed by atoms with E-state index in [9.17, 15) is 0 Å². The van der Waals surface area contributed by atoms with Crippen LogP contribution in [0.25, 0.3) is 79.0 Å². The molecule has 250 valence electrons. The minimum absolute atomic E-state index is 1.12. The van der Waals surface area contributed by atoms with Crippen LogP contribution in [0.2, 0.25) is 0 Å². The smallest absolute Gasteiger partial charge is 0.0561 e. The van der Waals surface area contributed by atoms with Crippen LogP contribution >= 0.6 is 22.7 Å². The van der Waals surface area contributed by atoms with Crippen molar-refractivity contribution in [3.05, 3.63) is 181 Å². The number of anilines is 3. The summed E-state index contributed by atoms with van der Waals surface area (Å²) >= 11 is 3.73. The Morgan fingerprint density at radius 3 is 1.62 bits per heavy atom. The molecule has 8 aromatic carbocycles. The molecule has 0 aliphatic rings. The van der Waals surface area contributed by atoms with E-state index in [1.807, 2.05) is 22.7 Å². The molecule has 0 aliphatic carbocycles. The van der Waals surface area contributed by atoms with E-state index >= 15 is 0 Å². The molecule has 0 spiro atoms. The first-order chi connectivity index (χ1) is 26.2. The molecule has 3 heterocycles. The highest BCUT2D eigenvalue weighted by Crippen LogP contribution is 2.42. The standard InChI is InChI=1S/C49H32N2S2/c1-31-14-19-34(20-15-31)50(35-21-16-32(17-22-35)33-18-26-48-42(28-33)40-9-3-6-12-46(40)52-48)37-23-25-39-38-8-2-5-11-44(38)51(45(39)30-37)36-24-27-49-43(29-36)41-10-4-7-13-47(41)53-49/h2-30H,1H3. The third kappa shape index (κ3) is 4.91. The Hall–Kier alpha value is -6.20. The summed E-state index contributed by atoms with van der Waals surface area (Å²) in [6, 6.07) is 64.9. The molecule has 0 saturated carbocycles. The Bertz CT molecular complexity index is 3180. The Labute approximate surface area is 315 Å². The van der Waals surface area contributed by atoms with Crippen LogP contribution in [0.1, 0.15) is 5.56 Å². The van der Waals surface area contributed by atoms with Gasteiger partial charge in [0.2, 0.25) is 0 Å². The number of aryl methyl sites for hydroxylation is 1. The van der Waals surface area contributed by atoms with Crippen molar-refractivity contribution in [3.63, 3.8) is 0 Å². The molecule has 53 heavy (non-hydrogen) atoms. The lowest BCUT2D eigenvalue weighted by Crippen LogP contribution is -2.10. The van der Waals surface area contributed by atoms with E-state index in [1.165, 1.54) is 84.5 Å². The van der Waals surface area contributed by atoms with E-state index in [1.54, 1.807) is 0 Å². The van der Waals surface area contributed by atoms with E-state index < -0.39 is 0 Å². The Kier molecular flexibility index (Phi) is 6.85. The number of fused-ring (bicyclic) bond motifs is 9. The largest absolute Gasteiger partial charge is 0.310 e. The molecule has 3 aromatic heterocycles. The zero-order valence-corrected chi connectivity index (χ0v) is 30.6. The third-order valence-corrected chi connectivity index (χ3v) is 13.0. The maximum Gasteiger partial charge on any atom is 0.0561 e. The summed E-state index contributed by atoms with van der Waals surface area (Å²) in [7, 11) is 0. The fourth-order valence-corrected chi connectivity index (χ4v) is 10.3. The molecule has 0 bridgehead atoms. The van der Waals surface area contributed by atoms with E-state index in [4.69, 9.17) is 0 Å². The Balaban J connectivity index is 1.07. The number of hydrogen-bond donors (Lipinski definition) is 0. The van der Waals surface area contributed by atoms with Crippen LogP contribution in [-0.4, -0.2) is 4.57 Å². The van der Waals surface area contributed by atoms with Crippen LogP contribution in [0, 0.1) is 6.92 Å². The molecule has 0 saturated heterocycles. The van der Waals surface area contributed by atoms with Crippen LogP contribution in [0.4, 0.5) is 17.1 Å². The topological polar surface area (TPSA) is 8.17 Å². The summed E-state index contributed by atoms with van der Waals surface area (Å²) in [5.74, 6) is 0. The highest BCUT2D eigenvalue weighted by Gasteiger charge is 2.18. The first-order valence-electron chi connectivity index (χ1n) is 18.0. The maximum absolute atomic E-state index is 2.45. The number of hydrogen-bond acceptors (Lipinski definition) is 3. The van der Waals surface area contributed by atoms with Crippen LogP contribution in [0.15, 0.2) is 176 Å². The molecule has 11 rings (SSSR count). The van der Waals surface area contributed by atoms with E-state index in [0.717, 1.165) is 17.1 Å². The van der Waals surface area contributed by atoms with Gasteiger partial charge < -0.3 is 9.47 Å². The lowest BCUT2D eigenvalue weighted by molar-refractivity contribution is 1.18. The van der Waals surface area contributed by atoms with Crippen molar-refractivity contribution < 1.29 is 0 Å². The third-order valence-electron chi connectivity index (χ3n) is 10.7. The summed E-state index contributed by atoms with van der Waals surface area (Å²) in [5.41, 5.74) is 10.6. The molecule has 0 radical (unpaired) electrons. The predicted octanol–water partition coefficient (Wildman–Crippen LogP) is 15.0. The second-order valence-electron chi connectivity index (χ2n) is 13.9. The minimum Gasteiger partial charge on any atom is -0.310 e. The second-order valence-corrected chi connectivity index (χ2v) is 16.0. The second kappa shape index (κ2) is 11.9. The van der Waals surface area contributed by atoms with Gasteiger partial charge in [0.25, 0.3) is 0 Å². The first-order valence-corrected chi connectivity index (χ1v) is 19.6. The molecule has 0 atom stereocenters. The zero-order chi connectivity index (χ0) is 35.0. The zero-order valence-electron chi connectivity index (χ0n) is 29.0. The molecule has 0 N–H and O–H groups in total. The molecule has 0 unspecified atom stereocenters. The summed E-state index contributed by atoms with van der Waals surface area (Å²) in [4.78, 5) is 2.38. The van der Waals surface area contributed by atoms with Gasteiger partial charge in [-0.1, -0.05) is 96.6 Å². The quantitative estimate of drug-likeness (QED) is 0.172. The van der Waals surface area contributed by atoms with Gasteiger partial charge in [-0.15, -0.1) is 22.7 Å². The highest BCUT2D eigenvalue weighted by molar-refractivity contribution is 7.26. The van der Waals surface area contributed by atoms with Crippen LogP contribution in [0.3, 0.4) is 0 Å².